The number of pyridine rings is 1. The molecule has 2 aromatic heterocycles. The van der Waals surface area contributed by atoms with Crippen LogP contribution in [0.3, 0.4) is 0 Å². The van der Waals surface area contributed by atoms with Gasteiger partial charge in [0.05, 0.1) is 27.4 Å². The molecule has 2 heterocycles. The van der Waals surface area contributed by atoms with Crippen molar-refractivity contribution >= 4 is 53.3 Å². The number of fused-ring (bicyclic) bond motifs is 2. The maximum atomic E-state index is 12.5. The predicted molar refractivity (Wildman–Crippen MR) is 117 cm³/mol. The summed E-state index contributed by atoms with van der Waals surface area (Å²) >= 11 is 3.33. The fraction of sp³-hybridized carbons (Fsp3) is 0.200. The Bertz CT molecular complexity index is 1270. The van der Waals surface area contributed by atoms with Gasteiger partial charge in [0.15, 0.2) is 9.84 Å². The molecule has 0 spiro atoms. The van der Waals surface area contributed by atoms with Gasteiger partial charge in [-0.15, -0.1) is 0 Å². The summed E-state index contributed by atoms with van der Waals surface area (Å²) in [5.74, 6) is -0.228. The van der Waals surface area contributed by atoms with Gasteiger partial charge in [0.2, 0.25) is 0 Å². The molecule has 2 aromatic carbocycles. The van der Waals surface area contributed by atoms with Gasteiger partial charge in [-0.1, -0.05) is 0 Å². The van der Waals surface area contributed by atoms with Crippen molar-refractivity contribution in [2.24, 2.45) is 0 Å². The number of nitrogens with zero attached hydrogens (tertiary/aromatic N) is 2. The lowest BCUT2D eigenvalue weighted by atomic mass is 10.2. The van der Waals surface area contributed by atoms with Gasteiger partial charge in [-0.2, -0.15) is 5.10 Å². The molecule has 0 amide bonds. The van der Waals surface area contributed by atoms with Gasteiger partial charge in [-0.25, -0.2) is 12.8 Å². The average Bonchev–Trinajstić information content (AvgIpc) is 3.14. The first-order valence-electron chi connectivity index (χ1n) is 8.82. The summed E-state index contributed by atoms with van der Waals surface area (Å²) in [5.41, 5.74) is 2.47. The van der Waals surface area contributed by atoms with Crippen LogP contribution in [0.2, 0.25) is 0 Å². The Hall–Kier alpha value is -2.52. The zero-order valence-corrected chi connectivity index (χ0v) is 18.5. The van der Waals surface area contributed by atoms with Crippen LogP contribution in [-0.2, 0) is 9.84 Å². The van der Waals surface area contributed by atoms with Gasteiger partial charge in [0.25, 0.3) is 0 Å². The van der Waals surface area contributed by atoms with E-state index in [4.69, 9.17) is 0 Å². The van der Waals surface area contributed by atoms with Crippen molar-refractivity contribution in [3.05, 3.63) is 59.1 Å². The number of hydrogen-bond acceptors (Lipinski definition) is 5. The van der Waals surface area contributed by atoms with Crippen LogP contribution in [0, 0.1) is 5.82 Å². The van der Waals surface area contributed by atoms with Gasteiger partial charge in [-0.05, 0) is 66.2 Å². The van der Waals surface area contributed by atoms with Crippen LogP contribution in [0.4, 0.5) is 10.1 Å². The van der Waals surface area contributed by atoms with E-state index < -0.39 is 15.1 Å². The van der Waals surface area contributed by atoms with E-state index in [2.05, 4.69) is 36.4 Å². The Labute approximate surface area is 176 Å². The molecule has 0 saturated heterocycles. The van der Waals surface area contributed by atoms with E-state index in [1.165, 1.54) is 12.1 Å². The lowest BCUT2D eigenvalue weighted by Gasteiger charge is -2.12. The Morgan fingerprint density at radius 2 is 1.93 bits per heavy atom. The second-order valence-corrected chi connectivity index (χ2v) is 9.93. The second-order valence-electron chi connectivity index (χ2n) is 6.60. The number of benzene rings is 2. The lowest BCUT2D eigenvalue weighted by molar-refractivity contribution is 0.587. The largest absolute Gasteiger partial charge is 0.388 e. The van der Waals surface area contributed by atoms with E-state index >= 15 is 0 Å². The first-order chi connectivity index (χ1) is 13.7. The number of sulfone groups is 1. The van der Waals surface area contributed by atoms with Crippen molar-refractivity contribution in [1.82, 2.24) is 15.2 Å². The van der Waals surface area contributed by atoms with E-state index in [0.29, 0.717) is 9.37 Å². The number of rotatable bonds is 3. The van der Waals surface area contributed by atoms with Crippen molar-refractivity contribution in [3.8, 4) is 0 Å². The molecule has 0 aliphatic heterocycles. The summed E-state index contributed by atoms with van der Waals surface area (Å²) in [5, 5.41) is 10.7. The van der Waals surface area contributed by atoms with Gasteiger partial charge in [0.1, 0.15) is 5.82 Å². The number of H-pyrrole nitrogens is 1. The summed E-state index contributed by atoms with van der Waals surface area (Å²) < 4.78 is 37.7. The first kappa shape index (κ1) is 21.2. The Balaban J connectivity index is 0.000000200. The van der Waals surface area contributed by atoms with E-state index in [1.54, 1.807) is 51.5 Å². The minimum Gasteiger partial charge on any atom is -0.388 e. The normalized spacial score (nSPS) is 11.5. The smallest absolute Gasteiger partial charge is 0.181 e. The van der Waals surface area contributed by atoms with Gasteiger partial charge >= 0.3 is 0 Å². The van der Waals surface area contributed by atoms with E-state index in [9.17, 15) is 12.8 Å². The Kier molecular flexibility index (Phi) is 6.18. The summed E-state index contributed by atoms with van der Waals surface area (Å²) in [6.45, 7) is 3.35. The SMILES string of the molecule is CNc1ccnc2cc(Br)c(S(=O)(=O)C(C)C)cc12.Fc1ccc2[nH]ncc2c1. The summed E-state index contributed by atoms with van der Waals surface area (Å²) in [6.07, 6.45) is 3.29. The number of hydrogen-bond donors (Lipinski definition) is 2. The Morgan fingerprint density at radius 3 is 2.62 bits per heavy atom. The van der Waals surface area contributed by atoms with Crippen molar-refractivity contribution in [3.63, 3.8) is 0 Å². The molecule has 2 N–H and O–H groups in total. The molecule has 0 aliphatic carbocycles. The van der Waals surface area contributed by atoms with E-state index in [0.717, 1.165) is 27.5 Å². The molecule has 0 atom stereocenters. The molecule has 4 aromatic rings. The second kappa shape index (κ2) is 8.46. The summed E-state index contributed by atoms with van der Waals surface area (Å²) in [6, 6.07) is 9.75. The number of aromatic nitrogens is 3. The van der Waals surface area contributed by atoms with Crippen LogP contribution < -0.4 is 5.32 Å². The molecular weight excluding hydrogens is 459 g/mol. The van der Waals surface area contributed by atoms with Gasteiger partial charge in [0, 0.05) is 34.2 Å². The molecule has 9 heteroatoms. The molecule has 0 saturated carbocycles. The molecule has 0 aliphatic rings. The third-order valence-corrected chi connectivity index (χ3v) is 7.50. The molecule has 6 nitrogen and oxygen atoms in total. The predicted octanol–water partition coefficient (Wildman–Crippen LogP) is 4.92. The molecule has 0 fully saturated rings. The molecule has 4 rings (SSSR count). The number of aromatic amines is 1. The van der Waals surface area contributed by atoms with Gasteiger partial charge in [-0.3, -0.25) is 10.1 Å². The zero-order valence-electron chi connectivity index (χ0n) is 16.1. The Morgan fingerprint density at radius 1 is 1.17 bits per heavy atom. The minimum absolute atomic E-state index is 0.228. The molecule has 29 heavy (non-hydrogen) atoms. The quantitative estimate of drug-likeness (QED) is 0.436. The van der Waals surface area contributed by atoms with Crippen LogP contribution in [0.25, 0.3) is 21.8 Å². The van der Waals surface area contributed by atoms with E-state index in [-0.39, 0.29) is 5.82 Å². The third kappa shape index (κ3) is 4.40. The van der Waals surface area contributed by atoms with Crippen LogP contribution in [-0.4, -0.2) is 35.9 Å². The van der Waals surface area contributed by atoms with Gasteiger partial charge < -0.3 is 5.32 Å². The van der Waals surface area contributed by atoms with Crippen molar-refractivity contribution in [1.29, 1.82) is 0 Å². The molecule has 0 unspecified atom stereocenters. The summed E-state index contributed by atoms with van der Waals surface area (Å²) in [4.78, 5) is 4.56. The minimum atomic E-state index is -3.33. The summed E-state index contributed by atoms with van der Waals surface area (Å²) in [7, 11) is -1.53. The maximum absolute atomic E-state index is 12.5. The number of halogens is 2. The fourth-order valence-corrected chi connectivity index (χ4v) is 4.88. The van der Waals surface area contributed by atoms with Crippen molar-refractivity contribution in [2.45, 2.75) is 24.0 Å². The molecule has 0 bridgehead atoms. The topological polar surface area (TPSA) is 87.7 Å². The molecule has 0 radical (unpaired) electrons. The van der Waals surface area contributed by atoms with E-state index in [1.807, 2.05) is 6.07 Å². The van der Waals surface area contributed by atoms with Crippen LogP contribution in [0.15, 0.2) is 58.2 Å². The van der Waals surface area contributed by atoms with Crippen LogP contribution >= 0.6 is 15.9 Å². The number of nitrogens with one attached hydrogen (secondary N) is 2. The highest BCUT2D eigenvalue weighted by atomic mass is 79.9. The highest BCUT2D eigenvalue weighted by Gasteiger charge is 2.23. The average molecular weight is 479 g/mol. The zero-order chi connectivity index (χ0) is 21.2. The van der Waals surface area contributed by atoms with Crippen molar-refractivity contribution < 1.29 is 12.8 Å². The molecular formula is C20H20BrFN4O2S. The lowest BCUT2D eigenvalue weighted by Crippen LogP contribution is -2.14. The third-order valence-electron chi connectivity index (χ3n) is 4.39. The highest BCUT2D eigenvalue weighted by Crippen LogP contribution is 2.32. The number of anilines is 1. The maximum Gasteiger partial charge on any atom is 0.181 e. The van der Waals surface area contributed by atoms with Crippen molar-refractivity contribution in [2.75, 3.05) is 12.4 Å². The van der Waals surface area contributed by atoms with Crippen LogP contribution in [0.1, 0.15) is 13.8 Å². The monoisotopic (exact) mass is 478 g/mol. The molecule has 152 valence electrons. The first-order valence-corrected chi connectivity index (χ1v) is 11.2. The van der Waals surface area contributed by atoms with Crippen LogP contribution in [0.5, 0.6) is 0 Å². The highest BCUT2D eigenvalue weighted by molar-refractivity contribution is 9.10. The fourth-order valence-electron chi connectivity index (χ4n) is 2.75. The standard InChI is InChI=1S/C13H15BrN2O2S.C7H5FN2/c1-8(2)19(17,18)13-6-9-11(15-3)4-5-16-12(9)7-10(13)14;8-6-1-2-7-5(3-6)4-9-10-7/h4-8H,1-3H3,(H,15,16);1-4H,(H,9,10).